The highest BCUT2D eigenvalue weighted by molar-refractivity contribution is 7.13. The standard InChI is InChI=1S/C8H14N4OS/c1-6(9)3-2-4-7(13)11-8-12-10-5-14-8/h5-6H,2-4,9H2,1H3,(H,11,12,13). The fraction of sp³-hybridized carbons (Fsp3) is 0.625. The SMILES string of the molecule is CC(N)CCCC(=O)Nc1nncs1. The molecule has 0 saturated carbocycles. The number of hydrogen-bond donors (Lipinski definition) is 2. The number of aromatic nitrogens is 2. The Morgan fingerprint density at radius 1 is 1.79 bits per heavy atom. The lowest BCUT2D eigenvalue weighted by Crippen LogP contribution is -2.16. The predicted molar refractivity (Wildman–Crippen MR) is 56.0 cm³/mol. The van der Waals surface area contributed by atoms with Crippen LogP contribution in [0.25, 0.3) is 0 Å². The minimum absolute atomic E-state index is 0.0256. The number of amides is 1. The molecule has 0 spiro atoms. The van der Waals surface area contributed by atoms with Crippen molar-refractivity contribution in [2.24, 2.45) is 5.73 Å². The number of rotatable bonds is 5. The van der Waals surface area contributed by atoms with Gasteiger partial charge in [0, 0.05) is 12.5 Å². The van der Waals surface area contributed by atoms with E-state index in [1.807, 2.05) is 6.92 Å². The van der Waals surface area contributed by atoms with E-state index in [0.717, 1.165) is 12.8 Å². The molecule has 0 aromatic carbocycles. The summed E-state index contributed by atoms with van der Waals surface area (Å²) in [6, 6.07) is 0.157. The summed E-state index contributed by atoms with van der Waals surface area (Å²) in [7, 11) is 0. The molecule has 1 aromatic heterocycles. The number of carbonyl (C=O) groups excluding carboxylic acids is 1. The first-order valence-corrected chi connectivity index (χ1v) is 5.38. The summed E-state index contributed by atoms with van der Waals surface area (Å²) in [5.74, 6) is -0.0256. The van der Waals surface area contributed by atoms with Gasteiger partial charge in [-0.1, -0.05) is 11.3 Å². The lowest BCUT2D eigenvalue weighted by atomic mass is 10.1. The predicted octanol–water partition coefficient (Wildman–Crippen LogP) is 0.994. The molecular weight excluding hydrogens is 200 g/mol. The average molecular weight is 214 g/mol. The first-order valence-electron chi connectivity index (χ1n) is 4.50. The molecule has 1 unspecified atom stereocenters. The Morgan fingerprint density at radius 2 is 2.57 bits per heavy atom. The van der Waals surface area contributed by atoms with E-state index < -0.39 is 0 Å². The molecule has 1 rings (SSSR count). The summed E-state index contributed by atoms with van der Waals surface area (Å²) in [6.07, 6.45) is 2.16. The Kier molecular flexibility index (Phi) is 4.48. The van der Waals surface area contributed by atoms with Crippen molar-refractivity contribution in [1.82, 2.24) is 10.2 Å². The molecule has 14 heavy (non-hydrogen) atoms. The first-order chi connectivity index (χ1) is 6.68. The van der Waals surface area contributed by atoms with Crippen LogP contribution in [0.15, 0.2) is 5.51 Å². The Morgan fingerprint density at radius 3 is 3.14 bits per heavy atom. The Balaban J connectivity index is 2.17. The molecule has 0 radical (unpaired) electrons. The summed E-state index contributed by atoms with van der Waals surface area (Å²) in [6.45, 7) is 1.93. The van der Waals surface area contributed by atoms with Crippen molar-refractivity contribution in [3.63, 3.8) is 0 Å². The molecule has 1 heterocycles. The maximum Gasteiger partial charge on any atom is 0.226 e. The molecular formula is C8H14N4OS. The minimum atomic E-state index is -0.0256. The van der Waals surface area contributed by atoms with E-state index in [9.17, 15) is 4.79 Å². The van der Waals surface area contributed by atoms with Gasteiger partial charge in [-0.2, -0.15) is 0 Å². The van der Waals surface area contributed by atoms with Gasteiger partial charge in [-0.25, -0.2) is 0 Å². The molecule has 0 bridgehead atoms. The van der Waals surface area contributed by atoms with Crippen molar-refractivity contribution in [3.05, 3.63) is 5.51 Å². The first kappa shape index (κ1) is 11.1. The number of anilines is 1. The van der Waals surface area contributed by atoms with Crippen LogP contribution in [0.2, 0.25) is 0 Å². The van der Waals surface area contributed by atoms with Crippen molar-refractivity contribution < 1.29 is 4.79 Å². The second kappa shape index (κ2) is 5.66. The summed E-state index contributed by atoms with van der Waals surface area (Å²) < 4.78 is 0. The number of carbonyl (C=O) groups is 1. The number of nitrogens with two attached hydrogens (primary N) is 1. The fourth-order valence-corrected chi connectivity index (χ4v) is 1.46. The number of nitrogens with zero attached hydrogens (tertiary/aromatic N) is 2. The maximum absolute atomic E-state index is 11.3. The summed E-state index contributed by atoms with van der Waals surface area (Å²) in [5.41, 5.74) is 7.14. The molecule has 3 N–H and O–H groups in total. The molecule has 0 fully saturated rings. The van der Waals surface area contributed by atoms with Crippen LogP contribution in [0.3, 0.4) is 0 Å². The Hall–Kier alpha value is -1.01. The van der Waals surface area contributed by atoms with Crippen molar-refractivity contribution in [1.29, 1.82) is 0 Å². The van der Waals surface area contributed by atoms with E-state index in [1.165, 1.54) is 11.3 Å². The molecule has 1 aromatic rings. The molecule has 0 aliphatic carbocycles. The number of hydrogen-bond acceptors (Lipinski definition) is 5. The van der Waals surface area contributed by atoms with Gasteiger partial charge in [-0.15, -0.1) is 10.2 Å². The molecule has 5 nitrogen and oxygen atoms in total. The van der Waals surface area contributed by atoms with Crippen LogP contribution in [0.4, 0.5) is 5.13 Å². The van der Waals surface area contributed by atoms with Crippen molar-refractivity contribution >= 4 is 22.4 Å². The molecule has 6 heteroatoms. The van der Waals surface area contributed by atoms with Crippen LogP contribution in [0.1, 0.15) is 26.2 Å². The van der Waals surface area contributed by atoms with Crippen molar-refractivity contribution in [2.45, 2.75) is 32.2 Å². The zero-order valence-electron chi connectivity index (χ0n) is 8.06. The Bertz CT molecular complexity index is 273. The molecule has 0 aliphatic rings. The van der Waals surface area contributed by atoms with Gasteiger partial charge in [0.25, 0.3) is 0 Å². The number of nitrogens with one attached hydrogen (secondary N) is 1. The van der Waals surface area contributed by atoms with E-state index in [-0.39, 0.29) is 11.9 Å². The fourth-order valence-electron chi connectivity index (χ4n) is 0.994. The van der Waals surface area contributed by atoms with Gasteiger partial charge in [0.05, 0.1) is 0 Å². The van der Waals surface area contributed by atoms with Crippen LogP contribution in [0, 0.1) is 0 Å². The topological polar surface area (TPSA) is 80.9 Å². The van der Waals surface area contributed by atoms with Gasteiger partial charge >= 0.3 is 0 Å². The van der Waals surface area contributed by atoms with Crippen molar-refractivity contribution in [3.8, 4) is 0 Å². The smallest absolute Gasteiger partial charge is 0.226 e. The zero-order chi connectivity index (χ0) is 10.4. The molecule has 78 valence electrons. The monoisotopic (exact) mass is 214 g/mol. The van der Waals surface area contributed by atoms with E-state index in [4.69, 9.17) is 5.73 Å². The third-order valence-electron chi connectivity index (χ3n) is 1.67. The van der Waals surface area contributed by atoms with Crippen molar-refractivity contribution in [2.75, 3.05) is 5.32 Å². The second-order valence-corrected chi connectivity index (χ2v) is 3.99. The van der Waals surface area contributed by atoms with Crippen LogP contribution in [-0.4, -0.2) is 22.1 Å². The third kappa shape index (κ3) is 4.29. The lowest BCUT2D eigenvalue weighted by molar-refractivity contribution is -0.116. The van der Waals surface area contributed by atoms with E-state index in [2.05, 4.69) is 15.5 Å². The van der Waals surface area contributed by atoms with Gasteiger partial charge in [0.15, 0.2) is 0 Å². The summed E-state index contributed by atoms with van der Waals surface area (Å²) in [4.78, 5) is 11.3. The molecule has 1 atom stereocenters. The third-order valence-corrected chi connectivity index (χ3v) is 2.28. The zero-order valence-corrected chi connectivity index (χ0v) is 8.88. The van der Waals surface area contributed by atoms with Gasteiger partial charge < -0.3 is 11.1 Å². The van der Waals surface area contributed by atoms with E-state index in [1.54, 1.807) is 5.51 Å². The average Bonchev–Trinajstić information content (AvgIpc) is 2.56. The maximum atomic E-state index is 11.3. The van der Waals surface area contributed by atoms with Gasteiger partial charge in [-0.3, -0.25) is 4.79 Å². The van der Waals surface area contributed by atoms with E-state index in [0.29, 0.717) is 11.6 Å². The highest BCUT2D eigenvalue weighted by atomic mass is 32.1. The normalized spacial score (nSPS) is 12.4. The van der Waals surface area contributed by atoms with Gasteiger partial charge in [-0.05, 0) is 19.8 Å². The quantitative estimate of drug-likeness (QED) is 0.766. The van der Waals surface area contributed by atoms with Crippen LogP contribution >= 0.6 is 11.3 Å². The lowest BCUT2D eigenvalue weighted by Gasteiger charge is -2.03. The molecule has 1 amide bonds. The van der Waals surface area contributed by atoms with Crippen LogP contribution < -0.4 is 11.1 Å². The van der Waals surface area contributed by atoms with Gasteiger partial charge in [0.1, 0.15) is 5.51 Å². The molecule has 0 aliphatic heterocycles. The summed E-state index contributed by atoms with van der Waals surface area (Å²) in [5, 5.41) is 10.5. The largest absolute Gasteiger partial charge is 0.328 e. The highest BCUT2D eigenvalue weighted by Gasteiger charge is 2.04. The highest BCUT2D eigenvalue weighted by Crippen LogP contribution is 2.09. The van der Waals surface area contributed by atoms with Crippen LogP contribution in [-0.2, 0) is 4.79 Å². The molecule has 0 saturated heterocycles. The second-order valence-electron chi connectivity index (χ2n) is 3.16. The summed E-state index contributed by atoms with van der Waals surface area (Å²) >= 11 is 1.31. The minimum Gasteiger partial charge on any atom is -0.328 e. The van der Waals surface area contributed by atoms with Gasteiger partial charge in [0.2, 0.25) is 11.0 Å². The van der Waals surface area contributed by atoms with E-state index >= 15 is 0 Å². The van der Waals surface area contributed by atoms with Crippen LogP contribution in [0.5, 0.6) is 0 Å². The Labute approximate surface area is 86.7 Å².